The minimum atomic E-state index is -0.619. The number of hydrogen-bond donors (Lipinski definition) is 2. The van der Waals surface area contributed by atoms with Crippen molar-refractivity contribution in [3.05, 3.63) is 94.5 Å². The predicted octanol–water partition coefficient (Wildman–Crippen LogP) is 5.48. The number of urea groups is 1. The molecule has 1 unspecified atom stereocenters. The molecule has 0 aliphatic carbocycles. The van der Waals surface area contributed by atoms with Gasteiger partial charge >= 0.3 is 6.03 Å². The number of carbonyl (C=O) groups is 2. The van der Waals surface area contributed by atoms with Gasteiger partial charge in [-0.15, -0.1) is 0 Å². The van der Waals surface area contributed by atoms with Gasteiger partial charge in [0.2, 0.25) is 0 Å². The fraction of sp³-hybridized carbons (Fsp3) is 0.231. The maximum Gasteiger partial charge on any atom is 0.324 e. The van der Waals surface area contributed by atoms with E-state index in [-0.39, 0.29) is 11.9 Å². The molecule has 1 aliphatic heterocycles. The van der Waals surface area contributed by atoms with Gasteiger partial charge in [-0.2, -0.15) is 0 Å². The maximum atomic E-state index is 13.2. The van der Waals surface area contributed by atoms with Gasteiger partial charge in [0, 0.05) is 41.6 Å². The van der Waals surface area contributed by atoms with E-state index >= 15 is 0 Å². The summed E-state index contributed by atoms with van der Waals surface area (Å²) in [7, 11) is 0. The van der Waals surface area contributed by atoms with Crippen molar-refractivity contribution in [3.63, 3.8) is 0 Å². The van der Waals surface area contributed by atoms with Crippen LogP contribution in [0, 0.1) is 0 Å². The second-order valence-electron chi connectivity index (χ2n) is 8.14. The summed E-state index contributed by atoms with van der Waals surface area (Å²) in [4.78, 5) is 29.5. The Morgan fingerprint density at radius 1 is 1.06 bits per heavy atom. The standard InChI is InChI=1S/C26H26ClN3O3/c1-18(31)20-5-2-7-23(15-20)28-25(32)21-6-3-8-24(16-21)30-14-4-13-29(26(30)33)17-19-9-11-22(27)12-10-19/h2-3,5-12,15-16,18,31H,4,13-14,17H2,1H3,(H,28,32). The quantitative estimate of drug-likeness (QED) is 0.508. The molecular formula is C26H26ClN3O3. The Balaban J connectivity index is 1.48. The first kappa shape index (κ1) is 22.8. The molecule has 3 aromatic carbocycles. The molecule has 2 N–H and O–H groups in total. The van der Waals surface area contributed by atoms with Gasteiger partial charge in [-0.05, 0) is 66.9 Å². The van der Waals surface area contributed by atoms with E-state index in [0.717, 1.165) is 17.5 Å². The monoisotopic (exact) mass is 463 g/mol. The Morgan fingerprint density at radius 2 is 1.82 bits per heavy atom. The number of carbonyl (C=O) groups excluding carboxylic acids is 2. The summed E-state index contributed by atoms with van der Waals surface area (Å²) in [5.41, 5.74) is 3.49. The summed E-state index contributed by atoms with van der Waals surface area (Å²) in [6.45, 7) is 3.46. The third-order valence-corrected chi connectivity index (χ3v) is 5.90. The van der Waals surface area contributed by atoms with Crippen molar-refractivity contribution in [2.45, 2.75) is 26.0 Å². The number of amides is 3. The van der Waals surface area contributed by atoms with Crippen LogP contribution in [0.2, 0.25) is 5.02 Å². The summed E-state index contributed by atoms with van der Waals surface area (Å²) >= 11 is 5.97. The first-order valence-electron chi connectivity index (χ1n) is 10.9. The largest absolute Gasteiger partial charge is 0.389 e. The van der Waals surface area contributed by atoms with Crippen LogP contribution in [0.1, 0.15) is 40.9 Å². The zero-order chi connectivity index (χ0) is 23.4. The van der Waals surface area contributed by atoms with Gasteiger partial charge in [0.15, 0.2) is 0 Å². The van der Waals surface area contributed by atoms with Crippen LogP contribution in [-0.4, -0.2) is 35.0 Å². The van der Waals surface area contributed by atoms with Crippen LogP contribution in [0.4, 0.5) is 16.2 Å². The molecule has 6 nitrogen and oxygen atoms in total. The number of nitrogens with zero attached hydrogens (tertiary/aromatic N) is 2. The molecule has 33 heavy (non-hydrogen) atoms. The fourth-order valence-corrected chi connectivity index (χ4v) is 4.00. The van der Waals surface area contributed by atoms with Crippen LogP contribution >= 0.6 is 11.6 Å². The van der Waals surface area contributed by atoms with Crippen molar-refractivity contribution in [1.29, 1.82) is 0 Å². The van der Waals surface area contributed by atoms with Gasteiger partial charge in [-0.1, -0.05) is 41.9 Å². The van der Waals surface area contributed by atoms with Crippen LogP contribution in [0.5, 0.6) is 0 Å². The molecule has 1 fully saturated rings. The second kappa shape index (κ2) is 10.1. The van der Waals surface area contributed by atoms with E-state index in [1.807, 2.05) is 30.3 Å². The summed E-state index contributed by atoms with van der Waals surface area (Å²) in [6.07, 6.45) is 0.216. The van der Waals surface area contributed by atoms with E-state index in [4.69, 9.17) is 11.6 Å². The van der Waals surface area contributed by atoms with E-state index in [1.165, 1.54) is 0 Å². The molecule has 3 aromatic rings. The van der Waals surface area contributed by atoms with Gasteiger partial charge in [0.05, 0.1) is 6.10 Å². The number of aliphatic hydroxyl groups is 1. The molecule has 1 heterocycles. The molecule has 1 atom stereocenters. The average molecular weight is 464 g/mol. The molecule has 4 rings (SSSR count). The van der Waals surface area contributed by atoms with Crippen LogP contribution in [0.25, 0.3) is 0 Å². The van der Waals surface area contributed by atoms with Crippen LogP contribution in [0.15, 0.2) is 72.8 Å². The molecule has 170 valence electrons. The number of aliphatic hydroxyl groups excluding tert-OH is 1. The van der Waals surface area contributed by atoms with Crippen LogP contribution < -0.4 is 10.2 Å². The zero-order valence-electron chi connectivity index (χ0n) is 18.4. The van der Waals surface area contributed by atoms with Crippen molar-refractivity contribution < 1.29 is 14.7 Å². The van der Waals surface area contributed by atoms with E-state index in [9.17, 15) is 14.7 Å². The number of benzene rings is 3. The Bertz CT molecular complexity index is 1150. The van der Waals surface area contributed by atoms with E-state index in [2.05, 4.69) is 5.32 Å². The second-order valence-corrected chi connectivity index (χ2v) is 8.58. The van der Waals surface area contributed by atoms with Gasteiger partial charge in [0.1, 0.15) is 0 Å². The summed E-state index contributed by atoms with van der Waals surface area (Å²) < 4.78 is 0. The highest BCUT2D eigenvalue weighted by Crippen LogP contribution is 2.24. The highest BCUT2D eigenvalue weighted by molar-refractivity contribution is 6.30. The van der Waals surface area contributed by atoms with Crippen molar-refractivity contribution in [2.75, 3.05) is 23.3 Å². The van der Waals surface area contributed by atoms with Crippen molar-refractivity contribution in [1.82, 2.24) is 4.90 Å². The van der Waals surface area contributed by atoms with Gasteiger partial charge in [-0.25, -0.2) is 4.79 Å². The Kier molecular flexibility index (Phi) is 6.96. The first-order chi connectivity index (χ1) is 15.9. The number of rotatable bonds is 6. The molecular weight excluding hydrogens is 438 g/mol. The summed E-state index contributed by atoms with van der Waals surface area (Å²) in [5.74, 6) is -0.276. The predicted molar refractivity (Wildman–Crippen MR) is 131 cm³/mol. The Hall–Kier alpha value is -3.35. The Labute approximate surface area is 198 Å². The molecule has 0 spiro atoms. The lowest BCUT2D eigenvalue weighted by atomic mass is 10.1. The van der Waals surface area contributed by atoms with Gasteiger partial charge < -0.3 is 15.3 Å². The first-order valence-corrected chi connectivity index (χ1v) is 11.3. The number of hydrogen-bond acceptors (Lipinski definition) is 3. The molecule has 7 heteroatoms. The fourth-order valence-electron chi connectivity index (χ4n) is 3.87. The Morgan fingerprint density at radius 3 is 2.58 bits per heavy atom. The molecule has 1 saturated heterocycles. The number of anilines is 2. The topological polar surface area (TPSA) is 72.9 Å². The van der Waals surface area contributed by atoms with Crippen molar-refractivity contribution >= 4 is 34.9 Å². The van der Waals surface area contributed by atoms with Crippen LogP contribution in [-0.2, 0) is 6.54 Å². The molecule has 0 radical (unpaired) electrons. The van der Waals surface area contributed by atoms with Gasteiger partial charge in [0.25, 0.3) is 5.91 Å². The summed E-state index contributed by atoms with van der Waals surface area (Å²) in [6, 6.07) is 21.6. The van der Waals surface area contributed by atoms with Crippen molar-refractivity contribution in [2.24, 2.45) is 0 Å². The minimum absolute atomic E-state index is 0.0848. The number of nitrogens with one attached hydrogen (secondary N) is 1. The smallest absolute Gasteiger partial charge is 0.324 e. The zero-order valence-corrected chi connectivity index (χ0v) is 19.1. The van der Waals surface area contributed by atoms with E-state index < -0.39 is 6.10 Å². The third-order valence-electron chi connectivity index (χ3n) is 5.64. The molecule has 0 saturated carbocycles. The highest BCUT2D eigenvalue weighted by Gasteiger charge is 2.27. The molecule has 0 bridgehead atoms. The lowest BCUT2D eigenvalue weighted by Crippen LogP contribution is -2.49. The highest BCUT2D eigenvalue weighted by atomic mass is 35.5. The lowest BCUT2D eigenvalue weighted by Gasteiger charge is -2.35. The SMILES string of the molecule is CC(O)c1cccc(NC(=O)c2cccc(N3CCCN(Cc4ccc(Cl)cc4)C3=O)c2)c1. The average Bonchev–Trinajstić information content (AvgIpc) is 2.82. The van der Waals surface area contributed by atoms with Crippen LogP contribution in [0.3, 0.4) is 0 Å². The lowest BCUT2D eigenvalue weighted by molar-refractivity contribution is 0.102. The van der Waals surface area contributed by atoms with Crippen molar-refractivity contribution in [3.8, 4) is 0 Å². The van der Waals surface area contributed by atoms with Gasteiger partial charge in [-0.3, -0.25) is 9.69 Å². The molecule has 3 amide bonds. The summed E-state index contributed by atoms with van der Waals surface area (Å²) in [5, 5.41) is 13.3. The normalized spacial score (nSPS) is 14.8. The minimum Gasteiger partial charge on any atom is -0.389 e. The van der Waals surface area contributed by atoms with E-state index in [1.54, 1.807) is 59.2 Å². The number of halogens is 1. The maximum absolute atomic E-state index is 13.2. The van der Waals surface area contributed by atoms with E-state index in [0.29, 0.717) is 41.6 Å². The molecule has 0 aromatic heterocycles. The third kappa shape index (κ3) is 5.53. The molecule has 1 aliphatic rings.